The highest BCUT2D eigenvalue weighted by Gasteiger charge is 2.16. The van der Waals surface area contributed by atoms with E-state index in [4.69, 9.17) is 4.74 Å². The zero-order chi connectivity index (χ0) is 17.1. The molecule has 0 radical (unpaired) electrons. The van der Waals surface area contributed by atoms with E-state index in [1.54, 1.807) is 24.3 Å². The number of methoxy groups -OCH3 is 1. The van der Waals surface area contributed by atoms with Gasteiger partial charge in [0.05, 0.1) is 24.8 Å². The van der Waals surface area contributed by atoms with E-state index in [2.05, 4.69) is 10.3 Å². The van der Waals surface area contributed by atoms with Gasteiger partial charge in [0.1, 0.15) is 0 Å². The molecule has 1 amide bonds. The van der Waals surface area contributed by atoms with Crippen LogP contribution in [0.25, 0.3) is 10.9 Å². The molecule has 0 aliphatic rings. The lowest BCUT2D eigenvalue weighted by Gasteiger charge is -2.09. The van der Waals surface area contributed by atoms with E-state index >= 15 is 0 Å². The monoisotopic (exact) mass is 322 g/mol. The highest BCUT2D eigenvalue weighted by atomic mass is 16.5. The molecule has 24 heavy (non-hydrogen) atoms. The smallest absolute Gasteiger partial charge is 0.339 e. The fourth-order valence-corrected chi connectivity index (χ4v) is 2.80. The molecule has 2 N–H and O–H groups in total. The fraction of sp³-hybridized carbons (Fsp3) is 0.158. The van der Waals surface area contributed by atoms with Crippen LogP contribution in [0.2, 0.25) is 0 Å². The molecule has 1 heterocycles. The number of rotatable bonds is 4. The third kappa shape index (κ3) is 3.01. The van der Waals surface area contributed by atoms with E-state index in [0.717, 1.165) is 22.2 Å². The largest absolute Gasteiger partial charge is 0.465 e. The number of esters is 1. The number of aryl methyl sites for hydroxylation is 1. The van der Waals surface area contributed by atoms with E-state index in [0.29, 0.717) is 11.3 Å². The minimum absolute atomic E-state index is 0.181. The van der Waals surface area contributed by atoms with Crippen LogP contribution in [-0.4, -0.2) is 24.0 Å². The molecule has 5 nitrogen and oxygen atoms in total. The van der Waals surface area contributed by atoms with Crippen LogP contribution < -0.4 is 5.32 Å². The third-order valence-electron chi connectivity index (χ3n) is 3.97. The first-order chi connectivity index (χ1) is 11.6. The summed E-state index contributed by atoms with van der Waals surface area (Å²) in [6, 6.07) is 14.7. The van der Waals surface area contributed by atoms with Gasteiger partial charge in [-0.15, -0.1) is 0 Å². The third-order valence-corrected chi connectivity index (χ3v) is 3.97. The number of aromatic amines is 1. The molecule has 0 fully saturated rings. The molecule has 0 saturated heterocycles. The molecule has 0 aliphatic carbocycles. The summed E-state index contributed by atoms with van der Waals surface area (Å²) in [5.41, 5.74) is 3.72. The Hall–Kier alpha value is -3.08. The number of benzene rings is 2. The molecule has 1 aromatic heterocycles. The number of hydrogen-bond donors (Lipinski definition) is 2. The van der Waals surface area contributed by atoms with Gasteiger partial charge in [-0.3, -0.25) is 4.79 Å². The summed E-state index contributed by atoms with van der Waals surface area (Å²) < 4.78 is 4.75. The summed E-state index contributed by atoms with van der Waals surface area (Å²) >= 11 is 0. The van der Waals surface area contributed by atoms with Crippen molar-refractivity contribution in [2.24, 2.45) is 0 Å². The summed E-state index contributed by atoms with van der Waals surface area (Å²) in [7, 11) is 1.32. The summed E-state index contributed by atoms with van der Waals surface area (Å²) in [6.45, 7) is 1.95. The van der Waals surface area contributed by atoms with Crippen molar-refractivity contribution in [2.45, 2.75) is 13.3 Å². The van der Waals surface area contributed by atoms with Crippen molar-refractivity contribution in [1.82, 2.24) is 4.98 Å². The first kappa shape index (κ1) is 15.8. The molecule has 5 heteroatoms. The van der Waals surface area contributed by atoms with Crippen LogP contribution in [0, 0.1) is 6.92 Å². The number of fused-ring (bicyclic) bond motifs is 1. The Balaban J connectivity index is 1.84. The van der Waals surface area contributed by atoms with Crippen LogP contribution in [0.15, 0.2) is 48.5 Å². The van der Waals surface area contributed by atoms with E-state index < -0.39 is 5.97 Å². The Bertz CT molecular complexity index is 912. The molecule has 0 spiro atoms. The molecule has 0 saturated carbocycles. The molecule has 122 valence electrons. The Kier molecular flexibility index (Phi) is 4.33. The predicted octanol–water partition coefficient (Wildman–Crippen LogP) is 3.44. The SMILES string of the molecule is COC(=O)c1ccccc1NC(=O)Cc1c(C)[nH]c2ccccc12. The first-order valence-electron chi connectivity index (χ1n) is 7.63. The van der Waals surface area contributed by atoms with E-state index in [-0.39, 0.29) is 12.3 Å². The van der Waals surface area contributed by atoms with Gasteiger partial charge in [-0.1, -0.05) is 30.3 Å². The molecule has 0 aliphatic heterocycles. The van der Waals surface area contributed by atoms with Crippen molar-refractivity contribution in [1.29, 1.82) is 0 Å². The van der Waals surface area contributed by atoms with Gasteiger partial charge in [-0.25, -0.2) is 4.79 Å². The second kappa shape index (κ2) is 6.58. The van der Waals surface area contributed by atoms with Crippen LogP contribution in [0.4, 0.5) is 5.69 Å². The average molecular weight is 322 g/mol. The van der Waals surface area contributed by atoms with Gasteiger partial charge in [-0.05, 0) is 30.7 Å². The lowest BCUT2D eigenvalue weighted by Crippen LogP contribution is -2.17. The number of aromatic nitrogens is 1. The molecule has 3 rings (SSSR count). The first-order valence-corrected chi connectivity index (χ1v) is 7.63. The molecule has 3 aromatic rings. The van der Waals surface area contributed by atoms with Gasteiger partial charge < -0.3 is 15.0 Å². The van der Waals surface area contributed by atoms with Crippen molar-refractivity contribution in [3.63, 3.8) is 0 Å². The van der Waals surface area contributed by atoms with Crippen LogP contribution >= 0.6 is 0 Å². The fourth-order valence-electron chi connectivity index (χ4n) is 2.80. The average Bonchev–Trinajstić information content (AvgIpc) is 2.90. The lowest BCUT2D eigenvalue weighted by molar-refractivity contribution is -0.115. The maximum Gasteiger partial charge on any atom is 0.339 e. The van der Waals surface area contributed by atoms with Crippen LogP contribution in [0.3, 0.4) is 0 Å². The van der Waals surface area contributed by atoms with Gasteiger partial charge in [0.25, 0.3) is 0 Å². The number of ether oxygens (including phenoxy) is 1. The molecular weight excluding hydrogens is 304 g/mol. The Morgan fingerprint density at radius 2 is 1.79 bits per heavy atom. The lowest BCUT2D eigenvalue weighted by atomic mass is 10.1. The van der Waals surface area contributed by atoms with Crippen molar-refractivity contribution < 1.29 is 14.3 Å². The van der Waals surface area contributed by atoms with Gasteiger partial charge in [0, 0.05) is 16.6 Å². The molecule has 0 unspecified atom stereocenters. The standard InChI is InChI=1S/C19H18N2O3/c1-12-15(13-7-3-5-9-16(13)20-12)11-18(22)21-17-10-6-4-8-14(17)19(23)24-2/h3-10,20H,11H2,1-2H3,(H,21,22). The topological polar surface area (TPSA) is 71.2 Å². The summed E-state index contributed by atoms with van der Waals surface area (Å²) in [4.78, 5) is 27.5. The van der Waals surface area contributed by atoms with E-state index in [1.807, 2.05) is 31.2 Å². The Morgan fingerprint density at radius 1 is 1.08 bits per heavy atom. The van der Waals surface area contributed by atoms with Gasteiger partial charge in [0.15, 0.2) is 0 Å². The van der Waals surface area contributed by atoms with Gasteiger partial charge in [0.2, 0.25) is 5.91 Å². The normalized spacial score (nSPS) is 10.6. The summed E-state index contributed by atoms with van der Waals surface area (Å²) in [5, 5.41) is 3.84. The second-order valence-corrected chi connectivity index (χ2v) is 5.54. The second-order valence-electron chi connectivity index (χ2n) is 5.54. The van der Waals surface area contributed by atoms with Gasteiger partial charge in [-0.2, -0.15) is 0 Å². The Morgan fingerprint density at radius 3 is 2.58 bits per heavy atom. The molecule has 0 atom stereocenters. The number of amides is 1. The molecule has 2 aromatic carbocycles. The zero-order valence-corrected chi connectivity index (χ0v) is 13.6. The number of hydrogen-bond acceptors (Lipinski definition) is 3. The number of carbonyl (C=O) groups is 2. The van der Waals surface area contributed by atoms with Crippen molar-refractivity contribution >= 4 is 28.5 Å². The molecule has 0 bridgehead atoms. The Labute approximate surface area is 139 Å². The van der Waals surface area contributed by atoms with Crippen LogP contribution in [0.1, 0.15) is 21.6 Å². The maximum atomic E-state index is 12.5. The number of carbonyl (C=O) groups excluding carboxylic acids is 2. The molecular formula is C19H18N2O3. The van der Waals surface area contributed by atoms with Crippen molar-refractivity contribution in [2.75, 3.05) is 12.4 Å². The van der Waals surface area contributed by atoms with E-state index in [9.17, 15) is 9.59 Å². The maximum absolute atomic E-state index is 12.5. The quantitative estimate of drug-likeness (QED) is 0.723. The number of anilines is 1. The minimum atomic E-state index is -0.478. The summed E-state index contributed by atoms with van der Waals surface area (Å²) in [5.74, 6) is -0.659. The zero-order valence-electron chi connectivity index (χ0n) is 13.6. The highest BCUT2D eigenvalue weighted by Crippen LogP contribution is 2.23. The number of nitrogens with one attached hydrogen (secondary N) is 2. The number of para-hydroxylation sites is 2. The summed E-state index contributed by atoms with van der Waals surface area (Å²) in [6.07, 6.45) is 0.228. The highest BCUT2D eigenvalue weighted by molar-refractivity contribution is 6.02. The van der Waals surface area contributed by atoms with Crippen molar-refractivity contribution in [3.05, 3.63) is 65.4 Å². The van der Waals surface area contributed by atoms with Gasteiger partial charge >= 0.3 is 5.97 Å². The van der Waals surface area contributed by atoms with Crippen LogP contribution in [-0.2, 0) is 16.0 Å². The van der Waals surface area contributed by atoms with Crippen molar-refractivity contribution in [3.8, 4) is 0 Å². The predicted molar refractivity (Wildman–Crippen MR) is 93.2 cm³/mol. The van der Waals surface area contributed by atoms with Crippen LogP contribution in [0.5, 0.6) is 0 Å². The number of H-pyrrole nitrogens is 1. The van der Waals surface area contributed by atoms with E-state index in [1.165, 1.54) is 7.11 Å². The minimum Gasteiger partial charge on any atom is -0.465 e.